The predicted molar refractivity (Wildman–Crippen MR) is 203 cm³/mol. The summed E-state index contributed by atoms with van der Waals surface area (Å²) in [5.74, 6) is 0.702. The van der Waals surface area contributed by atoms with Crippen LogP contribution in [0.5, 0.6) is 11.5 Å². The van der Waals surface area contributed by atoms with E-state index in [2.05, 4.69) is 10.6 Å². The molecule has 2 aliphatic carbocycles. The van der Waals surface area contributed by atoms with Gasteiger partial charge in [0.25, 0.3) is 0 Å². The van der Waals surface area contributed by atoms with E-state index >= 15 is 0 Å². The molecule has 0 bridgehead atoms. The van der Waals surface area contributed by atoms with Gasteiger partial charge in [-0.25, -0.2) is 0 Å². The van der Waals surface area contributed by atoms with Gasteiger partial charge in [0.05, 0.1) is 12.2 Å². The maximum Gasteiger partial charge on any atom is 0.224 e. The first-order valence-electron chi connectivity index (χ1n) is 19.7. The molecule has 0 aliphatic heterocycles. The number of anilines is 2. The van der Waals surface area contributed by atoms with E-state index in [4.69, 9.17) is 9.47 Å². The molecule has 296 valence electrons. The Balaban J connectivity index is 0.949. The van der Waals surface area contributed by atoms with Gasteiger partial charge in [0.15, 0.2) is 0 Å². The molecule has 2 aliphatic rings. The van der Waals surface area contributed by atoms with E-state index in [1.165, 1.54) is 25.7 Å². The van der Waals surface area contributed by atoms with Crippen LogP contribution >= 0.6 is 0 Å². The molecule has 0 saturated heterocycles. The number of nitrogens with one attached hydrogen (secondary N) is 2. The largest absolute Gasteiger partial charge is 0.488 e. The molecule has 0 spiro atoms. The third kappa shape index (κ3) is 14.2. The predicted octanol–water partition coefficient (Wildman–Crippen LogP) is 5.08. The van der Waals surface area contributed by atoms with Crippen molar-refractivity contribution in [3.05, 3.63) is 48.5 Å². The molecule has 0 heterocycles. The molecular weight excluding hydrogens is 680 g/mol. The fraction of sp³-hybridized carbons (Fsp3) is 0.659. The molecule has 53 heavy (non-hydrogen) atoms. The number of hydrogen-bond donors (Lipinski definition) is 8. The van der Waals surface area contributed by atoms with Crippen LogP contribution in [0, 0.1) is 11.8 Å². The lowest BCUT2D eigenvalue weighted by Gasteiger charge is -2.39. The molecule has 8 N–H and O–H groups in total. The van der Waals surface area contributed by atoms with Crippen LogP contribution < -0.4 is 20.1 Å². The quantitative estimate of drug-likeness (QED) is 0.0799. The van der Waals surface area contributed by atoms with Crippen molar-refractivity contribution < 1.29 is 49.7 Å². The number of carbonyl (C=O) groups excluding carboxylic acids is 2. The van der Waals surface area contributed by atoms with Gasteiger partial charge in [-0.1, -0.05) is 64.7 Å². The molecule has 0 aromatic heterocycles. The minimum atomic E-state index is -1.40. The van der Waals surface area contributed by atoms with Crippen LogP contribution in [0.4, 0.5) is 11.4 Å². The Morgan fingerprint density at radius 3 is 1.42 bits per heavy atom. The zero-order chi connectivity index (χ0) is 38.2. The van der Waals surface area contributed by atoms with Crippen molar-refractivity contribution in [3.8, 4) is 11.5 Å². The maximum atomic E-state index is 12.4. The summed E-state index contributed by atoms with van der Waals surface area (Å²) < 4.78 is 11.7. The summed E-state index contributed by atoms with van der Waals surface area (Å²) in [4.78, 5) is 24.8. The van der Waals surface area contributed by atoms with Gasteiger partial charge >= 0.3 is 0 Å². The van der Waals surface area contributed by atoms with Crippen molar-refractivity contribution in [2.45, 2.75) is 152 Å². The number of hydrogen-bond acceptors (Lipinski definition) is 10. The van der Waals surface area contributed by atoms with Crippen molar-refractivity contribution in [1.82, 2.24) is 0 Å². The summed E-state index contributed by atoms with van der Waals surface area (Å²) in [6.07, 6.45) is 7.49. The average Bonchev–Trinajstić information content (AvgIpc) is 3.14. The van der Waals surface area contributed by atoms with Gasteiger partial charge in [0.2, 0.25) is 11.8 Å². The average molecular weight is 743 g/mol. The monoisotopic (exact) mass is 742 g/mol. The highest BCUT2D eigenvalue weighted by Gasteiger charge is 2.43. The van der Waals surface area contributed by atoms with E-state index < -0.39 is 48.6 Å². The number of benzene rings is 2. The minimum absolute atomic E-state index is 0.00306. The highest BCUT2D eigenvalue weighted by atomic mass is 16.5. The molecule has 4 unspecified atom stereocenters. The second-order valence-electron chi connectivity index (χ2n) is 15.1. The van der Waals surface area contributed by atoms with E-state index in [0.717, 1.165) is 44.9 Å². The van der Waals surface area contributed by atoms with Crippen LogP contribution in [0.25, 0.3) is 0 Å². The van der Waals surface area contributed by atoms with Gasteiger partial charge in [-0.05, 0) is 86.6 Å². The first kappa shape index (κ1) is 42.5. The Hall–Kier alpha value is -3.26. The van der Waals surface area contributed by atoms with Gasteiger partial charge in [-0.2, -0.15) is 0 Å². The molecular formula is C41H62N2O10. The van der Waals surface area contributed by atoms with E-state index in [1.54, 1.807) is 48.5 Å². The lowest BCUT2D eigenvalue weighted by molar-refractivity contribution is -0.156. The fourth-order valence-corrected chi connectivity index (χ4v) is 7.32. The lowest BCUT2D eigenvalue weighted by atomic mass is 9.81. The summed E-state index contributed by atoms with van der Waals surface area (Å²) in [6, 6.07) is 13.9. The van der Waals surface area contributed by atoms with Crippen LogP contribution in [-0.4, -0.2) is 91.8 Å². The van der Waals surface area contributed by atoms with Crippen LogP contribution in [0.15, 0.2) is 48.5 Å². The molecule has 2 aromatic carbocycles. The Morgan fingerprint density at radius 2 is 0.981 bits per heavy atom. The lowest BCUT2D eigenvalue weighted by Crippen LogP contribution is -2.56. The van der Waals surface area contributed by atoms with Crippen molar-refractivity contribution in [2.24, 2.45) is 11.8 Å². The summed E-state index contributed by atoms with van der Waals surface area (Å²) in [6.45, 7) is 1.72. The van der Waals surface area contributed by atoms with E-state index in [-0.39, 0.29) is 30.8 Å². The number of amides is 2. The number of unbranched alkanes of at least 4 members (excludes halogenated alkanes) is 10. The number of ether oxygens (including phenoxy) is 2. The normalized spacial score (nSPS) is 27.2. The van der Waals surface area contributed by atoms with Gasteiger partial charge in [0.1, 0.15) is 42.0 Å². The summed E-state index contributed by atoms with van der Waals surface area (Å²) in [5, 5.41) is 65.8. The third-order valence-electron chi connectivity index (χ3n) is 10.5. The Morgan fingerprint density at radius 1 is 0.566 bits per heavy atom. The first-order valence-corrected chi connectivity index (χ1v) is 19.7. The fourth-order valence-electron chi connectivity index (χ4n) is 7.32. The molecule has 2 fully saturated rings. The Kier molecular flexibility index (Phi) is 17.8. The number of aliphatic hydroxyl groups is 6. The van der Waals surface area contributed by atoms with E-state index in [9.17, 15) is 40.2 Å². The second-order valence-corrected chi connectivity index (χ2v) is 15.1. The van der Waals surface area contributed by atoms with Crippen molar-refractivity contribution in [3.63, 3.8) is 0 Å². The summed E-state index contributed by atoms with van der Waals surface area (Å²) in [7, 11) is 0. The highest BCUT2D eigenvalue weighted by Crippen LogP contribution is 2.31. The molecule has 0 radical (unpaired) electrons. The van der Waals surface area contributed by atoms with Crippen LogP contribution in [0.1, 0.15) is 110 Å². The summed E-state index contributed by atoms with van der Waals surface area (Å²) in [5.41, 5.74) is 1.35. The summed E-state index contributed by atoms with van der Waals surface area (Å²) >= 11 is 0. The Bertz CT molecular complexity index is 1360. The minimum Gasteiger partial charge on any atom is -0.488 e. The molecule has 9 atom stereocenters. The second kappa shape index (κ2) is 22.2. The number of carbonyl (C=O) groups is 2. The zero-order valence-electron chi connectivity index (χ0n) is 31.2. The molecule has 4 rings (SSSR count). The van der Waals surface area contributed by atoms with Crippen molar-refractivity contribution in [2.75, 3.05) is 17.2 Å². The highest BCUT2D eigenvalue weighted by molar-refractivity contribution is 5.91. The third-order valence-corrected chi connectivity index (χ3v) is 10.5. The van der Waals surface area contributed by atoms with Gasteiger partial charge in [0, 0.05) is 36.7 Å². The number of aliphatic hydroxyl groups excluding tert-OH is 6. The van der Waals surface area contributed by atoms with E-state index in [0.29, 0.717) is 48.6 Å². The standard InChI is InChI=1S/C41H62N2O10/c1-27-23-33(45)39(49)34(24-27)52-31-19-15-29(16-20-31)42-36(46)13-11-9-7-5-3-2-4-6-8-10-12-14-37(47)43-30-17-21-32(22-18-30)53-35-25-28(26-44)38(48)41(51)40(35)50/h15-22,27-28,33-35,38-41,44-45,48-51H,2-14,23-26H2,1H3,(H,42,46)(H,43,47)/t27?,28?,33-,34+,35+,38-,39?,40?,41-/m0/s1. The smallest absolute Gasteiger partial charge is 0.224 e. The SMILES string of the molecule is CC1C[C@H](O)C(O)[C@H](Oc2ccc(NC(=O)CCCCCCCCCCCCCC(=O)Nc3ccc(O[C@@H]4CC(CO)[C@H](O)[C@H](O)C4O)cc3)cc2)C1. The van der Waals surface area contributed by atoms with Crippen molar-refractivity contribution in [1.29, 1.82) is 0 Å². The molecule has 12 nitrogen and oxygen atoms in total. The van der Waals surface area contributed by atoms with Crippen LogP contribution in [0.3, 0.4) is 0 Å². The van der Waals surface area contributed by atoms with Gasteiger partial charge in [-0.15, -0.1) is 0 Å². The maximum absolute atomic E-state index is 12.4. The van der Waals surface area contributed by atoms with Gasteiger partial charge < -0.3 is 50.7 Å². The molecule has 2 amide bonds. The van der Waals surface area contributed by atoms with Gasteiger partial charge in [-0.3, -0.25) is 9.59 Å². The molecule has 12 heteroatoms. The molecule has 2 aromatic rings. The van der Waals surface area contributed by atoms with Crippen LogP contribution in [-0.2, 0) is 9.59 Å². The van der Waals surface area contributed by atoms with E-state index in [1.807, 2.05) is 6.92 Å². The zero-order valence-corrected chi connectivity index (χ0v) is 31.2. The Labute approximate surface area is 313 Å². The topological polar surface area (TPSA) is 198 Å². The number of rotatable bonds is 21. The van der Waals surface area contributed by atoms with Crippen molar-refractivity contribution >= 4 is 23.2 Å². The molecule has 2 saturated carbocycles. The first-order chi connectivity index (χ1) is 25.5. The van der Waals surface area contributed by atoms with Crippen LogP contribution in [0.2, 0.25) is 0 Å².